The van der Waals surface area contributed by atoms with Gasteiger partial charge in [0.15, 0.2) is 0 Å². The van der Waals surface area contributed by atoms with Crippen molar-refractivity contribution < 1.29 is 9.53 Å². The fraction of sp³-hybridized carbons (Fsp3) is 0.143. The smallest absolute Gasteiger partial charge is 0.340 e. The molecule has 0 aliphatic heterocycles. The van der Waals surface area contributed by atoms with Crippen LogP contribution in [0.4, 0.5) is 0 Å². The molecule has 0 radical (unpaired) electrons. The van der Waals surface area contributed by atoms with Crippen LogP contribution in [0.2, 0.25) is 5.15 Å². The minimum atomic E-state index is -0.388. The van der Waals surface area contributed by atoms with Crippen LogP contribution in [-0.2, 0) is 11.3 Å². The topological polar surface area (TPSA) is 39.2 Å². The van der Waals surface area contributed by atoms with Crippen molar-refractivity contribution in [2.24, 2.45) is 0 Å². The molecule has 0 N–H and O–H groups in total. The van der Waals surface area contributed by atoms with Crippen LogP contribution < -0.4 is 0 Å². The van der Waals surface area contributed by atoms with Crippen molar-refractivity contribution in [3.05, 3.63) is 64.4 Å². The molecule has 0 aliphatic rings. The van der Waals surface area contributed by atoms with Gasteiger partial charge in [-0.1, -0.05) is 41.9 Å². The van der Waals surface area contributed by atoms with Crippen molar-refractivity contribution in [1.82, 2.24) is 4.98 Å². The zero-order valence-corrected chi connectivity index (χ0v) is 10.6. The number of pyridine rings is 1. The summed E-state index contributed by atoms with van der Waals surface area (Å²) in [6.07, 6.45) is 1.44. The Morgan fingerprint density at radius 1 is 1.33 bits per heavy atom. The summed E-state index contributed by atoms with van der Waals surface area (Å²) in [6, 6.07) is 11.2. The number of carbonyl (C=O) groups is 1. The van der Waals surface area contributed by atoms with Gasteiger partial charge in [0.1, 0.15) is 11.8 Å². The molecule has 1 aromatic heterocycles. The van der Waals surface area contributed by atoms with E-state index < -0.39 is 0 Å². The van der Waals surface area contributed by atoms with Crippen molar-refractivity contribution in [1.29, 1.82) is 0 Å². The molecule has 0 atom stereocenters. The van der Waals surface area contributed by atoms with Gasteiger partial charge in [0.2, 0.25) is 0 Å². The number of rotatable bonds is 3. The number of nitrogens with zero attached hydrogens (tertiary/aromatic N) is 1. The number of ether oxygens (including phenoxy) is 1. The molecule has 18 heavy (non-hydrogen) atoms. The van der Waals surface area contributed by atoms with E-state index in [2.05, 4.69) is 4.98 Å². The Hall–Kier alpha value is -1.87. The lowest BCUT2D eigenvalue weighted by molar-refractivity contribution is 0.0471. The Balaban J connectivity index is 2.04. The molecule has 0 bridgehead atoms. The lowest BCUT2D eigenvalue weighted by atomic mass is 10.2. The standard InChI is InChI=1S/C14H12ClNO2/c1-10-7-13(15)16-8-12(10)14(17)18-9-11-5-3-2-4-6-11/h2-8H,9H2,1H3. The number of benzene rings is 1. The molecule has 1 aromatic carbocycles. The van der Waals surface area contributed by atoms with Gasteiger partial charge in [-0.25, -0.2) is 9.78 Å². The van der Waals surface area contributed by atoms with Gasteiger partial charge in [-0.05, 0) is 24.1 Å². The summed E-state index contributed by atoms with van der Waals surface area (Å²) >= 11 is 5.73. The molecular formula is C14H12ClNO2. The summed E-state index contributed by atoms with van der Waals surface area (Å²) in [4.78, 5) is 15.7. The van der Waals surface area contributed by atoms with Gasteiger partial charge in [0.05, 0.1) is 5.56 Å². The minimum Gasteiger partial charge on any atom is -0.457 e. The number of esters is 1. The van der Waals surface area contributed by atoms with Crippen molar-refractivity contribution >= 4 is 17.6 Å². The van der Waals surface area contributed by atoms with Crippen LogP contribution in [0.5, 0.6) is 0 Å². The Bertz CT molecular complexity index is 555. The highest BCUT2D eigenvalue weighted by Crippen LogP contribution is 2.13. The Labute approximate surface area is 110 Å². The van der Waals surface area contributed by atoms with Gasteiger partial charge < -0.3 is 4.74 Å². The summed E-state index contributed by atoms with van der Waals surface area (Å²) in [5.74, 6) is -0.388. The third-order valence-electron chi connectivity index (χ3n) is 2.51. The molecule has 2 aromatic rings. The zero-order valence-electron chi connectivity index (χ0n) is 9.89. The summed E-state index contributed by atoms with van der Waals surface area (Å²) < 4.78 is 5.21. The molecule has 1 heterocycles. The molecule has 2 rings (SSSR count). The molecule has 0 aliphatic carbocycles. The van der Waals surface area contributed by atoms with Crippen LogP contribution in [0.25, 0.3) is 0 Å². The highest BCUT2D eigenvalue weighted by atomic mass is 35.5. The molecule has 0 fully saturated rings. The van der Waals surface area contributed by atoms with Crippen LogP contribution in [-0.4, -0.2) is 11.0 Å². The fourth-order valence-electron chi connectivity index (χ4n) is 1.54. The van der Waals surface area contributed by atoms with Crippen molar-refractivity contribution in [3.63, 3.8) is 0 Å². The van der Waals surface area contributed by atoms with E-state index in [-0.39, 0.29) is 12.6 Å². The number of halogens is 1. The summed E-state index contributed by atoms with van der Waals surface area (Å²) in [7, 11) is 0. The number of hydrogen-bond donors (Lipinski definition) is 0. The van der Waals surface area contributed by atoms with Crippen LogP contribution in [0, 0.1) is 6.92 Å². The first-order valence-electron chi connectivity index (χ1n) is 5.50. The summed E-state index contributed by atoms with van der Waals surface area (Å²) in [5, 5.41) is 0.368. The van der Waals surface area contributed by atoms with Gasteiger partial charge in [0, 0.05) is 6.20 Å². The largest absolute Gasteiger partial charge is 0.457 e. The zero-order chi connectivity index (χ0) is 13.0. The molecule has 4 heteroatoms. The first-order valence-corrected chi connectivity index (χ1v) is 5.88. The maximum absolute atomic E-state index is 11.8. The number of hydrogen-bond acceptors (Lipinski definition) is 3. The molecular weight excluding hydrogens is 250 g/mol. The fourth-order valence-corrected chi connectivity index (χ4v) is 1.75. The minimum absolute atomic E-state index is 0.252. The lowest BCUT2D eigenvalue weighted by Gasteiger charge is -2.07. The van der Waals surface area contributed by atoms with Crippen LogP contribution in [0.1, 0.15) is 21.5 Å². The van der Waals surface area contributed by atoms with Crippen molar-refractivity contribution in [2.45, 2.75) is 13.5 Å². The van der Waals surface area contributed by atoms with Crippen molar-refractivity contribution in [3.8, 4) is 0 Å². The highest BCUT2D eigenvalue weighted by molar-refractivity contribution is 6.29. The monoisotopic (exact) mass is 261 g/mol. The molecule has 0 amide bonds. The Morgan fingerprint density at radius 3 is 2.72 bits per heavy atom. The molecule has 3 nitrogen and oxygen atoms in total. The first-order chi connectivity index (χ1) is 8.66. The van der Waals surface area contributed by atoms with Gasteiger partial charge in [0.25, 0.3) is 0 Å². The maximum atomic E-state index is 11.8. The summed E-state index contributed by atoms with van der Waals surface area (Å²) in [5.41, 5.74) is 2.15. The molecule has 0 unspecified atom stereocenters. The third kappa shape index (κ3) is 3.08. The number of aromatic nitrogens is 1. The van der Waals surface area contributed by atoms with E-state index in [1.54, 1.807) is 13.0 Å². The molecule has 0 saturated carbocycles. The van der Waals surface area contributed by atoms with E-state index in [0.29, 0.717) is 10.7 Å². The average molecular weight is 262 g/mol. The van der Waals surface area contributed by atoms with Crippen LogP contribution in [0.15, 0.2) is 42.6 Å². The molecule has 92 valence electrons. The second-order valence-corrected chi connectivity index (χ2v) is 4.27. The quantitative estimate of drug-likeness (QED) is 0.628. The average Bonchev–Trinajstić information content (AvgIpc) is 2.37. The van der Waals surface area contributed by atoms with Gasteiger partial charge in [-0.2, -0.15) is 0 Å². The van der Waals surface area contributed by atoms with E-state index in [1.165, 1.54) is 6.20 Å². The lowest BCUT2D eigenvalue weighted by Crippen LogP contribution is -2.07. The third-order valence-corrected chi connectivity index (χ3v) is 2.72. The maximum Gasteiger partial charge on any atom is 0.340 e. The van der Waals surface area contributed by atoms with Gasteiger partial charge in [-0.3, -0.25) is 0 Å². The van der Waals surface area contributed by atoms with Crippen LogP contribution >= 0.6 is 11.6 Å². The molecule has 0 saturated heterocycles. The molecule has 0 spiro atoms. The first kappa shape index (κ1) is 12.6. The SMILES string of the molecule is Cc1cc(Cl)ncc1C(=O)OCc1ccccc1. The van der Waals surface area contributed by atoms with Gasteiger partial charge >= 0.3 is 5.97 Å². The summed E-state index contributed by atoms with van der Waals surface area (Å²) in [6.45, 7) is 2.05. The number of carbonyl (C=O) groups excluding carboxylic acids is 1. The highest BCUT2D eigenvalue weighted by Gasteiger charge is 2.11. The van der Waals surface area contributed by atoms with E-state index in [9.17, 15) is 4.79 Å². The van der Waals surface area contributed by atoms with E-state index in [0.717, 1.165) is 11.1 Å². The van der Waals surface area contributed by atoms with Crippen molar-refractivity contribution in [2.75, 3.05) is 0 Å². The Kier molecular flexibility index (Phi) is 3.95. The predicted molar refractivity (Wildman–Crippen MR) is 69.5 cm³/mol. The van der Waals surface area contributed by atoms with E-state index in [4.69, 9.17) is 16.3 Å². The number of aryl methyl sites for hydroxylation is 1. The predicted octanol–water partition coefficient (Wildman–Crippen LogP) is 3.40. The van der Waals surface area contributed by atoms with E-state index >= 15 is 0 Å². The second kappa shape index (κ2) is 5.65. The van der Waals surface area contributed by atoms with Crippen LogP contribution in [0.3, 0.4) is 0 Å². The normalized spacial score (nSPS) is 10.1. The second-order valence-electron chi connectivity index (χ2n) is 3.88. The van der Waals surface area contributed by atoms with Gasteiger partial charge in [-0.15, -0.1) is 0 Å². The van der Waals surface area contributed by atoms with E-state index in [1.807, 2.05) is 30.3 Å². The Morgan fingerprint density at radius 2 is 2.06 bits per heavy atom.